The predicted octanol–water partition coefficient (Wildman–Crippen LogP) is 3.89. The summed E-state index contributed by atoms with van der Waals surface area (Å²) in [5, 5.41) is 9.22. The topological polar surface area (TPSA) is 84.0 Å². The third kappa shape index (κ3) is 9.59. The van der Waals surface area contributed by atoms with Gasteiger partial charge in [-0.05, 0) is 37.0 Å². The molecule has 0 heterocycles. The number of benzene rings is 1. The van der Waals surface area contributed by atoms with Crippen LogP contribution in [0.3, 0.4) is 0 Å². The summed E-state index contributed by atoms with van der Waals surface area (Å²) >= 11 is 0. The molecule has 0 saturated heterocycles. The van der Waals surface area contributed by atoms with Crippen molar-refractivity contribution in [3.05, 3.63) is 29.8 Å². The second-order valence-corrected chi connectivity index (χ2v) is 6.65. The highest BCUT2D eigenvalue weighted by Gasteiger charge is 2.12. The third-order valence-corrected chi connectivity index (χ3v) is 4.59. The van der Waals surface area contributed by atoms with Crippen LogP contribution < -0.4 is 16.0 Å². The summed E-state index contributed by atoms with van der Waals surface area (Å²) in [5.74, 6) is 0.768. The highest BCUT2D eigenvalue weighted by atomic mass is 127. The van der Waals surface area contributed by atoms with Crippen molar-refractivity contribution in [3.8, 4) is 0 Å². The van der Waals surface area contributed by atoms with Gasteiger partial charge in [-0.2, -0.15) is 0 Å². The molecule has 3 N–H and O–H groups in total. The number of hydrogen-bond acceptors (Lipinski definition) is 4. The van der Waals surface area contributed by atoms with Gasteiger partial charge in [0.25, 0.3) is 0 Å². The van der Waals surface area contributed by atoms with Crippen molar-refractivity contribution >= 4 is 41.7 Å². The normalized spacial score (nSPS) is 14.7. The van der Waals surface area contributed by atoms with Crippen LogP contribution in [-0.4, -0.2) is 45.5 Å². The molecule has 0 aromatic heterocycles. The second-order valence-electron chi connectivity index (χ2n) is 6.65. The number of carbonyl (C=O) groups is 1. The minimum atomic E-state index is -0.474. The number of ether oxygens (including phenoxy) is 2. The number of nitrogens with zero attached hydrogens (tertiary/aromatic N) is 1. The number of nitrogens with one attached hydrogen (secondary N) is 3. The Bertz CT molecular complexity index is 590. The van der Waals surface area contributed by atoms with Gasteiger partial charge in [0.15, 0.2) is 5.96 Å². The van der Waals surface area contributed by atoms with E-state index in [0.29, 0.717) is 18.3 Å². The monoisotopic (exact) mass is 504 g/mol. The summed E-state index contributed by atoms with van der Waals surface area (Å²) in [6.45, 7) is 2.27. The molecule has 158 valence electrons. The highest BCUT2D eigenvalue weighted by Crippen LogP contribution is 2.20. The van der Waals surface area contributed by atoms with Crippen LogP contribution in [0, 0.1) is 0 Å². The SMILES string of the molecule is CN=C(NCCCOC1CCCCC1)NCc1ccc(NC(=O)OC)cc1.I. The molecule has 1 amide bonds. The lowest BCUT2D eigenvalue weighted by Gasteiger charge is -2.22. The van der Waals surface area contributed by atoms with Crippen LogP contribution in [0.4, 0.5) is 10.5 Å². The molecule has 7 nitrogen and oxygen atoms in total. The molecule has 0 radical (unpaired) electrons. The fourth-order valence-corrected chi connectivity index (χ4v) is 3.04. The maximum absolute atomic E-state index is 11.2. The summed E-state index contributed by atoms with van der Waals surface area (Å²) in [4.78, 5) is 15.4. The maximum Gasteiger partial charge on any atom is 0.411 e. The van der Waals surface area contributed by atoms with Crippen LogP contribution >= 0.6 is 24.0 Å². The standard InChI is InChI=1S/C20H32N4O3.HI/c1-21-19(22-13-6-14-27-18-7-4-3-5-8-18)23-15-16-9-11-17(12-10-16)24-20(25)26-2;/h9-12,18H,3-8,13-15H2,1-2H3,(H,24,25)(H2,21,22,23);1H. The molecular formula is C20H33IN4O3. The Labute approximate surface area is 185 Å². The molecule has 8 heteroatoms. The van der Waals surface area contributed by atoms with Gasteiger partial charge in [-0.15, -0.1) is 24.0 Å². The summed E-state index contributed by atoms with van der Waals surface area (Å²) in [6.07, 6.45) is 7.35. The fourth-order valence-electron chi connectivity index (χ4n) is 3.04. The largest absolute Gasteiger partial charge is 0.453 e. The van der Waals surface area contributed by atoms with Crippen molar-refractivity contribution in [1.29, 1.82) is 0 Å². The molecule has 1 saturated carbocycles. The average molecular weight is 504 g/mol. The van der Waals surface area contributed by atoms with Gasteiger partial charge in [0.05, 0.1) is 13.2 Å². The zero-order valence-corrected chi connectivity index (χ0v) is 19.2. The molecule has 0 bridgehead atoms. The van der Waals surface area contributed by atoms with E-state index in [1.165, 1.54) is 39.2 Å². The van der Waals surface area contributed by atoms with Crippen molar-refractivity contribution in [3.63, 3.8) is 0 Å². The van der Waals surface area contributed by atoms with Crippen LogP contribution in [0.25, 0.3) is 0 Å². The van der Waals surface area contributed by atoms with Crippen LogP contribution in [0.15, 0.2) is 29.3 Å². The Morgan fingerprint density at radius 2 is 1.86 bits per heavy atom. The molecule has 1 fully saturated rings. The predicted molar refractivity (Wildman–Crippen MR) is 124 cm³/mol. The minimum absolute atomic E-state index is 0. The Morgan fingerprint density at radius 3 is 2.50 bits per heavy atom. The van der Waals surface area contributed by atoms with Gasteiger partial charge in [0.1, 0.15) is 0 Å². The third-order valence-electron chi connectivity index (χ3n) is 4.59. The maximum atomic E-state index is 11.2. The number of hydrogen-bond donors (Lipinski definition) is 3. The Hall–Kier alpha value is -1.55. The quantitative estimate of drug-likeness (QED) is 0.217. The van der Waals surface area contributed by atoms with E-state index >= 15 is 0 Å². The van der Waals surface area contributed by atoms with Gasteiger partial charge in [-0.1, -0.05) is 31.4 Å². The number of anilines is 1. The lowest BCUT2D eigenvalue weighted by atomic mass is 9.98. The van der Waals surface area contributed by atoms with Crippen molar-refractivity contribution in [2.75, 3.05) is 32.6 Å². The van der Waals surface area contributed by atoms with E-state index in [1.807, 2.05) is 24.3 Å². The highest BCUT2D eigenvalue weighted by molar-refractivity contribution is 14.0. The molecule has 1 aliphatic carbocycles. The van der Waals surface area contributed by atoms with Crippen molar-refractivity contribution in [2.45, 2.75) is 51.2 Å². The van der Waals surface area contributed by atoms with Crippen molar-refractivity contribution < 1.29 is 14.3 Å². The lowest BCUT2D eigenvalue weighted by Crippen LogP contribution is -2.37. The summed E-state index contributed by atoms with van der Waals surface area (Å²) in [5.41, 5.74) is 1.79. The van der Waals surface area contributed by atoms with E-state index in [2.05, 4.69) is 25.7 Å². The fraction of sp³-hybridized carbons (Fsp3) is 0.600. The van der Waals surface area contributed by atoms with Crippen LogP contribution in [0.2, 0.25) is 0 Å². The summed E-state index contributed by atoms with van der Waals surface area (Å²) < 4.78 is 10.5. The van der Waals surface area contributed by atoms with E-state index in [4.69, 9.17) is 4.74 Å². The Balaban J connectivity index is 0.00000392. The van der Waals surface area contributed by atoms with Gasteiger partial charge in [0, 0.05) is 32.4 Å². The Kier molecular flexibility index (Phi) is 12.6. The smallest absolute Gasteiger partial charge is 0.411 e. The average Bonchev–Trinajstić information content (AvgIpc) is 2.71. The van der Waals surface area contributed by atoms with E-state index < -0.39 is 6.09 Å². The molecule has 0 atom stereocenters. The molecule has 2 rings (SSSR count). The van der Waals surface area contributed by atoms with Gasteiger partial charge in [-0.3, -0.25) is 10.3 Å². The Morgan fingerprint density at radius 1 is 1.14 bits per heavy atom. The molecule has 1 aliphatic rings. The number of rotatable bonds is 8. The van der Waals surface area contributed by atoms with Crippen LogP contribution in [0.5, 0.6) is 0 Å². The minimum Gasteiger partial charge on any atom is -0.453 e. The van der Waals surface area contributed by atoms with E-state index in [9.17, 15) is 4.79 Å². The second kappa shape index (κ2) is 14.4. The van der Waals surface area contributed by atoms with Gasteiger partial charge in [-0.25, -0.2) is 4.79 Å². The van der Waals surface area contributed by atoms with Gasteiger partial charge in [0.2, 0.25) is 0 Å². The summed E-state index contributed by atoms with van der Waals surface area (Å²) in [7, 11) is 3.10. The van der Waals surface area contributed by atoms with E-state index in [0.717, 1.165) is 31.1 Å². The van der Waals surface area contributed by atoms with Gasteiger partial charge >= 0.3 is 6.09 Å². The number of amides is 1. The molecule has 0 spiro atoms. The first-order chi connectivity index (χ1) is 13.2. The summed E-state index contributed by atoms with van der Waals surface area (Å²) in [6, 6.07) is 7.58. The van der Waals surface area contributed by atoms with Crippen LogP contribution in [-0.2, 0) is 16.0 Å². The number of guanidine groups is 1. The molecule has 1 aromatic carbocycles. The number of carbonyl (C=O) groups excluding carboxylic acids is 1. The molecular weight excluding hydrogens is 471 g/mol. The zero-order chi connectivity index (χ0) is 19.3. The molecule has 0 unspecified atom stereocenters. The van der Waals surface area contributed by atoms with E-state index in [-0.39, 0.29) is 24.0 Å². The number of methoxy groups -OCH3 is 1. The van der Waals surface area contributed by atoms with E-state index in [1.54, 1.807) is 7.05 Å². The van der Waals surface area contributed by atoms with Gasteiger partial charge < -0.3 is 20.1 Å². The number of aliphatic imine (C=N–C) groups is 1. The van der Waals surface area contributed by atoms with Crippen molar-refractivity contribution in [2.24, 2.45) is 4.99 Å². The first kappa shape index (κ1) is 24.5. The molecule has 1 aromatic rings. The lowest BCUT2D eigenvalue weighted by molar-refractivity contribution is 0.0277. The number of halogens is 1. The van der Waals surface area contributed by atoms with Crippen LogP contribution in [0.1, 0.15) is 44.1 Å². The van der Waals surface area contributed by atoms with Crippen molar-refractivity contribution in [1.82, 2.24) is 10.6 Å². The first-order valence-corrected chi connectivity index (χ1v) is 9.71. The zero-order valence-electron chi connectivity index (χ0n) is 16.8. The molecule has 28 heavy (non-hydrogen) atoms. The first-order valence-electron chi connectivity index (χ1n) is 9.71. The molecule has 0 aliphatic heterocycles.